The summed E-state index contributed by atoms with van der Waals surface area (Å²) >= 11 is 0. The van der Waals surface area contributed by atoms with Crippen molar-refractivity contribution in [1.29, 1.82) is 0 Å². The molecule has 0 heterocycles. The molecule has 0 amide bonds. The molecular weight excluding hydrogens is 238 g/mol. The Morgan fingerprint density at radius 1 is 0.688 bits per heavy atom. The van der Waals surface area contributed by atoms with E-state index in [1.165, 1.54) is 0 Å². The minimum Gasteiger partial charge on any atom is -0.323 e. The van der Waals surface area contributed by atoms with Gasteiger partial charge < -0.3 is 9.13 Å². The maximum absolute atomic E-state index is 12.5. The highest BCUT2D eigenvalue weighted by molar-refractivity contribution is 7.68. The van der Waals surface area contributed by atoms with E-state index in [1.54, 1.807) is 0 Å². The van der Waals surface area contributed by atoms with Crippen molar-refractivity contribution in [1.82, 2.24) is 0 Å². The Morgan fingerprint density at radius 3 is 1.00 bits per heavy atom. The molecule has 0 aromatic heterocycles. The Morgan fingerprint density at radius 2 is 0.875 bits per heavy atom. The summed E-state index contributed by atoms with van der Waals surface area (Å²) in [6, 6.07) is 0. The molecule has 0 bridgehead atoms. The molecule has 0 rings (SSSR count). The van der Waals surface area contributed by atoms with Gasteiger partial charge in [0.1, 0.15) is 0 Å². The third kappa shape index (κ3) is 4.04. The summed E-state index contributed by atoms with van der Waals surface area (Å²) in [6.45, 7) is 15.7. The van der Waals surface area contributed by atoms with Gasteiger partial charge in [0.05, 0.1) is 14.3 Å². The van der Waals surface area contributed by atoms with Crippen LogP contribution in [0.15, 0.2) is 0 Å². The second kappa shape index (κ2) is 4.62. The van der Waals surface area contributed by atoms with Gasteiger partial charge >= 0.3 is 0 Å². The van der Waals surface area contributed by atoms with Crippen LogP contribution in [0.5, 0.6) is 0 Å². The third-order valence-electron chi connectivity index (χ3n) is 3.79. The minimum absolute atomic E-state index is 0.176. The van der Waals surface area contributed by atoms with Gasteiger partial charge in [-0.1, -0.05) is 41.5 Å². The monoisotopic (exact) mass is 266 g/mol. The van der Waals surface area contributed by atoms with Gasteiger partial charge in [-0.2, -0.15) is 0 Å². The van der Waals surface area contributed by atoms with Crippen LogP contribution in [0.4, 0.5) is 0 Å². The largest absolute Gasteiger partial charge is 0.323 e. The van der Waals surface area contributed by atoms with Crippen LogP contribution in [0.1, 0.15) is 41.5 Å². The lowest BCUT2D eigenvalue weighted by atomic mass is 10.3. The van der Waals surface area contributed by atoms with Crippen LogP contribution < -0.4 is 0 Å². The molecule has 4 heteroatoms. The Bertz CT molecular complexity index is 298. The molecule has 2 atom stereocenters. The zero-order valence-corrected chi connectivity index (χ0v) is 13.9. The van der Waals surface area contributed by atoms with Crippen LogP contribution in [0.2, 0.25) is 0 Å². The number of hydrogen-bond donors (Lipinski definition) is 0. The Hall–Kier alpha value is 0.460. The second-order valence-electron chi connectivity index (χ2n) is 6.99. The first-order valence-corrected chi connectivity index (χ1v) is 10.5. The lowest BCUT2D eigenvalue weighted by Crippen LogP contribution is -2.21. The molecule has 0 saturated carbocycles. The van der Waals surface area contributed by atoms with Gasteiger partial charge in [0.25, 0.3) is 0 Å². The molecule has 0 aliphatic carbocycles. The van der Waals surface area contributed by atoms with E-state index in [-0.39, 0.29) is 10.3 Å². The maximum atomic E-state index is 12.5. The quantitative estimate of drug-likeness (QED) is 0.701. The van der Waals surface area contributed by atoms with Crippen molar-refractivity contribution in [2.45, 2.75) is 51.9 Å². The summed E-state index contributed by atoms with van der Waals surface area (Å²) in [5.74, 6) is 0. The highest BCUT2D eigenvalue weighted by Crippen LogP contribution is 2.60. The predicted molar refractivity (Wildman–Crippen MR) is 76.3 cm³/mol. The molecule has 0 saturated heterocycles. The highest BCUT2D eigenvalue weighted by Gasteiger charge is 2.37. The minimum atomic E-state index is -2.21. The van der Waals surface area contributed by atoms with Gasteiger partial charge in [0.2, 0.25) is 0 Å². The normalized spacial score (nSPS) is 21.2. The van der Waals surface area contributed by atoms with Crippen LogP contribution in [0, 0.1) is 0 Å². The predicted octanol–water partition coefficient (Wildman–Crippen LogP) is 4.57. The summed E-state index contributed by atoms with van der Waals surface area (Å²) in [6.07, 6.45) is 1.20. The zero-order valence-electron chi connectivity index (χ0n) is 12.1. The van der Waals surface area contributed by atoms with Crippen LogP contribution in [-0.4, -0.2) is 36.0 Å². The molecule has 16 heavy (non-hydrogen) atoms. The van der Waals surface area contributed by atoms with Crippen LogP contribution in [0.3, 0.4) is 0 Å². The zero-order chi connectivity index (χ0) is 13.4. The van der Waals surface area contributed by atoms with Crippen molar-refractivity contribution in [2.24, 2.45) is 0 Å². The van der Waals surface area contributed by atoms with Crippen molar-refractivity contribution in [2.75, 3.05) is 25.7 Å². The van der Waals surface area contributed by atoms with Gasteiger partial charge in [-0.15, -0.1) is 0 Å². The topological polar surface area (TPSA) is 34.1 Å². The first-order chi connectivity index (χ1) is 6.71. The lowest BCUT2D eigenvalue weighted by molar-refractivity contribution is 0.546. The molecule has 0 N–H and O–H groups in total. The first kappa shape index (κ1) is 16.5. The third-order valence-corrected chi connectivity index (χ3v) is 12.0. The molecule has 0 unspecified atom stereocenters. The van der Waals surface area contributed by atoms with Crippen LogP contribution in [-0.2, 0) is 9.13 Å². The fourth-order valence-electron chi connectivity index (χ4n) is 1.05. The molecule has 0 aliphatic rings. The SMILES string of the molecule is CC(C)(C)[P@](C)(=O)CC[P@@](C)(=O)C(C)(C)C. The highest BCUT2D eigenvalue weighted by atomic mass is 31.2. The van der Waals surface area contributed by atoms with Crippen molar-refractivity contribution >= 4 is 14.3 Å². The van der Waals surface area contributed by atoms with E-state index in [4.69, 9.17) is 0 Å². The molecule has 0 aromatic rings. The summed E-state index contributed by atoms with van der Waals surface area (Å²) in [5, 5.41) is -0.351. The molecule has 0 fully saturated rings. The molecule has 0 spiro atoms. The van der Waals surface area contributed by atoms with Crippen molar-refractivity contribution in [3.8, 4) is 0 Å². The smallest absolute Gasteiger partial charge is 0.0903 e. The van der Waals surface area contributed by atoms with Crippen molar-refractivity contribution < 1.29 is 9.13 Å². The van der Waals surface area contributed by atoms with Gasteiger partial charge in [-0.3, -0.25) is 0 Å². The maximum Gasteiger partial charge on any atom is 0.0903 e. The average Bonchev–Trinajstić information content (AvgIpc) is 1.97. The van der Waals surface area contributed by atoms with Crippen molar-refractivity contribution in [3.05, 3.63) is 0 Å². The van der Waals surface area contributed by atoms with E-state index < -0.39 is 14.3 Å². The molecule has 98 valence electrons. The Balaban J connectivity index is 4.73. The molecule has 0 aromatic carbocycles. The Kier molecular flexibility index (Phi) is 4.75. The van der Waals surface area contributed by atoms with Gasteiger partial charge in [-0.25, -0.2) is 0 Å². The molecular formula is C12H28O2P2. The first-order valence-electron chi connectivity index (χ1n) is 5.84. The molecule has 0 aliphatic heterocycles. The number of rotatable bonds is 3. The Labute approximate surface area is 101 Å². The van der Waals surface area contributed by atoms with Gasteiger partial charge in [0.15, 0.2) is 0 Å². The fraction of sp³-hybridized carbons (Fsp3) is 1.00. The van der Waals surface area contributed by atoms with E-state index in [1.807, 2.05) is 54.9 Å². The van der Waals surface area contributed by atoms with E-state index in [0.717, 1.165) is 0 Å². The van der Waals surface area contributed by atoms with Crippen LogP contribution >= 0.6 is 14.3 Å². The van der Waals surface area contributed by atoms with Crippen LogP contribution in [0.25, 0.3) is 0 Å². The fourth-order valence-corrected chi connectivity index (χ4v) is 5.45. The molecule has 2 nitrogen and oxygen atoms in total. The lowest BCUT2D eigenvalue weighted by Gasteiger charge is -2.32. The summed E-state index contributed by atoms with van der Waals surface area (Å²) in [4.78, 5) is 0. The van der Waals surface area contributed by atoms with E-state index in [0.29, 0.717) is 12.3 Å². The average molecular weight is 266 g/mol. The van der Waals surface area contributed by atoms with E-state index >= 15 is 0 Å². The number of hydrogen-bond acceptors (Lipinski definition) is 2. The van der Waals surface area contributed by atoms with Crippen molar-refractivity contribution in [3.63, 3.8) is 0 Å². The molecule has 0 radical (unpaired) electrons. The summed E-state index contributed by atoms with van der Waals surface area (Å²) in [7, 11) is -4.43. The summed E-state index contributed by atoms with van der Waals surface area (Å²) < 4.78 is 25.0. The van der Waals surface area contributed by atoms with E-state index in [9.17, 15) is 9.13 Å². The summed E-state index contributed by atoms with van der Waals surface area (Å²) in [5.41, 5.74) is 0. The standard InChI is InChI=1S/C12H28O2P2/c1-11(2,3)15(7,13)9-10-16(8,14)12(4,5)6/h9-10H2,1-8H3/t15-,16-/m1/s1. The van der Waals surface area contributed by atoms with Gasteiger partial charge in [-0.05, 0) is 13.3 Å². The second-order valence-corrected chi connectivity index (χ2v) is 15.0. The van der Waals surface area contributed by atoms with E-state index in [2.05, 4.69) is 0 Å². The van der Waals surface area contributed by atoms with Gasteiger partial charge in [0, 0.05) is 22.6 Å².